The molecule has 7 nitrogen and oxygen atoms in total. The van der Waals surface area contributed by atoms with E-state index in [9.17, 15) is 14.7 Å². The van der Waals surface area contributed by atoms with Gasteiger partial charge in [0.15, 0.2) is 6.61 Å². The first-order chi connectivity index (χ1) is 11.8. The van der Waals surface area contributed by atoms with Gasteiger partial charge in [0.2, 0.25) is 0 Å². The molecule has 3 fully saturated rings. The highest BCUT2D eigenvalue weighted by molar-refractivity contribution is 6.30. The average Bonchev–Trinajstić information content (AvgIpc) is 2.55. The molecule has 4 N–H and O–H groups in total. The predicted octanol–water partition coefficient (Wildman–Crippen LogP) is 1.92. The van der Waals surface area contributed by atoms with Gasteiger partial charge in [0, 0.05) is 10.6 Å². The summed E-state index contributed by atoms with van der Waals surface area (Å²) < 4.78 is 5.44. The zero-order chi connectivity index (χ0) is 18.1. The van der Waals surface area contributed by atoms with Gasteiger partial charge in [-0.05, 0) is 56.4 Å². The lowest BCUT2D eigenvalue weighted by atomic mass is 9.60. The molecule has 0 aliphatic heterocycles. The maximum Gasteiger partial charge on any atom is 0.405 e. The van der Waals surface area contributed by atoms with E-state index in [4.69, 9.17) is 21.4 Å². The minimum absolute atomic E-state index is 0.127. The van der Waals surface area contributed by atoms with Crippen LogP contribution in [0.2, 0.25) is 5.02 Å². The Balaban J connectivity index is 1.55. The van der Waals surface area contributed by atoms with Crippen LogP contribution in [0.25, 0.3) is 0 Å². The van der Waals surface area contributed by atoms with Crippen LogP contribution in [-0.4, -0.2) is 46.0 Å². The van der Waals surface area contributed by atoms with Gasteiger partial charge in [-0.3, -0.25) is 4.79 Å². The Hall–Kier alpha value is -1.99. The highest BCUT2D eigenvalue weighted by atomic mass is 35.5. The summed E-state index contributed by atoms with van der Waals surface area (Å²) in [5, 5.41) is 25.4. The second-order valence-corrected chi connectivity index (χ2v) is 7.31. The van der Waals surface area contributed by atoms with Gasteiger partial charge in [-0.1, -0.05) is 11.6 Å². The summed E-state index contributed by atoms with van der Waals surface area (Å²) in [6, 6.07) is 6.73. The Morgan fingerprint density at radius 3 is 2.36 bits per heavy atom. The topological polar surface area (TPSA) is 108 Å². The molecule has 2 amide bonds. The van der Waals surface area contributed by atoms with Crippen LogP contribution in [-0.2, 0) is 4.79 Å². The van der Waals surface area contributed by atoms with Crippen LogP contribution in [0, 0.1) is 0 Å². The van der Waals surface area contributed by atoms with Crippen molar-refractivity contribution in [3.8, 4) is 5.75 Å². The van der Waals surface area contributed by atoms with E-state index in [-0.39, 0.29) is 12.5 Å². The lowest BCUT2D eigenvalue weighted by Crippen LogP contribution is -2.70. The number of rotatable bonds is 5. The summed E-state index contributed by atoms with van der Waals surface area (Å²) in [6.07, 6.45) is 0.628. The molecule has 3 aliphatic rings. The molecule has 0 aromatic heterocycles. The van der Waals surface area contributed by atoms with Crippen molar-refractivity contribution >= 4 is 23.6 Å². The maximum atomic E-state index is 12.2. The van der Waals surface area contributed by atoms with Crippen LogP contribution < -0.4 is 15.4 Å². The van der Waals surface area contributed by atoms with Crippen LogP contribution in [0.5, 0.6) is 5.75 Å². The molecule has 3 saturated carbocycles. The number of amides is 2. The maximum absolute atomic E-state index is 12.2. The van der Waals surface area contributed by atoms with E-state index in [2.05, 4.69) is 10.6 Å². The van der Waals surface area contributed by atoms with Gasteiger partial charge in [0.05, 0.1) is 11.6 Å². The first-order valence-electron chi connectivity index (χ1n) is 8.21. The number of ether oxygens (including phenoxy) is 1. The third kappa shape index (κ3) is 3.82. The fourth-order valence-corrected chi connectivity index (χ4v) is 4.01. The molecule has 4 rings (SSSR count). The van der Waals surface area contributed by atoms with Crippen molar-refractivity contribution in [2.24, 2.45) is 0 Å². The van der Waals surface area contributed by atoms with Gasteiger partial charge in [-0.25, -0.2) is 4.79 Å². The fraction of sp³-hybridized carbons (Fsp3) is 0.529. The van der Waals surface area contributed by atoms with E-state index in [1.165, 1.54) is 0 Å². The Morgan fingerprint density at radius 1 is 1.16 bits per heavy atom. The predicted molar refractivity (Wildman–Crippen MR) is 90.8 cm³/mol. The van der Waals surface area contributed by atoms with Crippen molar-refractivity contribution in [2.75, 3.05) is 6.61 Å². The van der Waals surface area contributed by atoms with E-state index in [0.717, 1.165) is 0 Å². The minimum atomic E-state index is -1.13. The smallest absolute Gasteiger partial charge is 0.405 e. The number of nitrogens with one attached hydrogen (secondary N) is 2. The molecular weight excluding hydrogens is 348 g/mol. The van der Waals surface area contributed by atoms with E-state index in [1.54, 1.807) is 24.3 Å². The zero-order valence-electron chi connectivity index (χ0n) is 13.6. The number of hydrogen-bond donors (Lipinski definition) is 4. The van der Waals surface area contributed by atoms with Gasteiger partial charge in [-0.15, -0.1) is 0 Å². The summed E-state index contributed by atoms with van der Waals surface area (Å²) in [7, 11) is 0. The Labute approximate surface area is 150 Å². The summed E-state index contributed by atoms with van der Waals surface area (Å²) in [6.45, 7) is -0.127. The van der Waals surface area contributed by atoms with Gasteiger partial charge in [0.25, 0.3) is 5.91 Å². The quantitative estimate of drug-likeness (QED) is 0.635. The molecule has 0 unspecified atom stereocenters. The van der Waals surface area contributed by atoms with Crippen LogP contribution >= 0.6 is 11.6 Å². The number of hydrogen-bond acceptors (Lipinski definition) is 4. The zero-order valence-corrected chi connectivity index (χ0v) is 14.4. The van der Waals surface area contributed by atoms with Crippen LogP contribution in [0.15, 0.2) is 24.3 Å². The molecule has 2 bridgehead atoms. The number of fused-ring (bicyclic) bond motifs is 3. The molecule has 136 valence electrons. The lowest BCUT2D eigenvalue weighted by molar-refractivity contribution is -0.129. The van der Waals surface area contributed by atoms with Crippen LogP contribution in [0.4, 0.5) is 4.79 Å². The summed E-state index contributed by atoms with van der Waals surface area (Å²) >= 11 is 5.80. The highest BCUT2D eigenvalue weighted by Gasteiger charge is 2.55. The van der Waals surface area contributed by atoms with Crippen molar-refractivity contribution in [1.82, 2.24) is 10.6 Å². The van der Waals surface area contributed by atoms with Gasteiger partial charge in [0.1, 0.15) is 5.75 Å². The van der Waals surface area contributed by atoms with E-state index < -0.39 is 23.3 Å². The van der Waals surface area contributed by atoms with Crippen molar-refractivity contribution < 1.29 is 24.5 Å². The molecule has 8 heteroatoms. The monoisotopic (exact) mass is 368 g/mol. The van der Waals surface area contributed by atoms with Gasteiger partial charge in [-0.2, -0.15) is 0 Å². The highest BCUT2D eigenvalue weighted by Crippen LogP contribution is 2.47. The summed E-state index contributed by atoms with van der Waals surface area (Å²) in [4.78, 5) is 23.2. The minimum Gasteiger partial charge on any atom is -0.484 e. The van der Waals surface area contributed by atoms with E-state index >= 15 is 0 Å². The second-order valence-electron chi connectivity index (χ2n) is 6.88. The van der Waals surface area contributed by atoms with Gasteiger partial charge >= 0.3 is 6.09 Å². The summed E-state index contributed by atoms with van der Waals surface area (Å²) in [5.41, 5.74) is -1.29. The lowest BCUT2D eigenvalue weighted by Gasteiger charge is -2.55. The third-order valence-electron chi connectivity index (χ3n) is 5.27. The Bertz CT molecular complexity index is 656. The Morgan fingerprint density at radius 2 is 1.80 bits per heavy atom. The number of carbonyl (C=O) groups is 2. The number of aliphatic hydroxyl groups excluding tert-OH is 1. The van der Waals surface area contributed by atoms with E-state index in [1.807, 2.05) is 0 Å². The molecule has 0 saturated heterocycles. The fourth-order valence-electron chi connectivity index (χ4n) is 3.89. The number of aliphatic hydroxyl groups is 1. The molecule has 3 aliphatic carbocycles. The van der Waals surface area contributed by atoms with Crippen molar-refractivity contribution in [3.63, 3.8) is 0 Å². The standard InChI is InChI=1S/C17H21ClN2O5/c18-11-1-3-12(4-2-11)25-10-14(22)19-16-5-7-17(8-6-16,13(21)9-16)20-15(23)24/h1-4,13,20-21H,5-10H2,(H,19,22)(H,23,24)/t13-,16?,17?/m0/s1. The second kappa shape index (κ2) is 6.72. The van der Waals surface area contributed by atoms with Crippen LogP contribution in [0.1, 0.15) is 32.1 Å². The van der Waals surface area contributed by atoms with Gasteiger partial charge < -0.3 is 25.6 Å². The summed E-state index contributed by atoms with van der Waals surface area (Å²) in [5.74, 6) is 0.289. The third-order valence-corrected chi connectivity index (χ3v) is 5.52. The molecule has 0 radical (unpaired) electrons. The number of halogens is 1. The number of carboxylic acid groups (broad SMARTS) is 1. The molecule has 1 atom stereocenters. The molecule has 25 heavy (non-hydrogen) atoms. The number of carbonyl (C=O) groups excluding carboxylic acids is 1. The van der Waals surface area contributed by atoms with Crippen LogP contribution in [0.3, 0.4) is 0 Å². The Kier molecular flexibility index (Phi) is 4.79. The SMILES string of the molecule is O=C(O)NC12CCC(NC(=O)COc3ccc(Cl)cc3)(CC1)C[C@@H]2O. The molecule has 0 spiro atoms. The molecular formula is C17H21ClN2O5. The molecule has 1 aromatic rings. The van der Waals surface area contributed by atoms with Crippen molar-refractivity contribution in [3.05, 3.63) is 29.3 Å². The number of benzene rings is 1. The molecule has 1 aromatic carbocycles. The first kappa shape index (κ1) is 17.8. The first-order valence-corrected chi connectivity index (χ1v) is 8.59. The molecule has 0 heterocycles. The normalized spacial score (nSPS) is 30.6. The average molecular weight is 369 g/mol. The largest absolute Gasteiger partial charge is 0.484 e. The van der Waals surface area contributed by atoms with Crippen molar-refractivity contribution in [1.29, 1.82) is 0 Å². The van der Waals surface area contributed by atoms with E-state index in [0.29, 0.717) is 42.9 Å². The van der Waals surface area contributed by atoms with Crippen molar-refractivity contribution in [2.45, 2.75) is 49.3 Å².